The summed E-state index contributed by atoms with van der Waals surface area (Å²) in [6.45, 7) is 0.247. The van der Waals surface area contributed by atoms with Gasteiger partial charge in [-0.15, -0.1) is 0 Å². The van der Waals surface area contributed by atoms with Crippen molar-refractivity contribution in [2.24, 2.45) is 0 Å². The molecule has 1 amide bonds. The maximum absolute atomic E-state index is 13.9. The molecule has 2 aromatic rings. The molecule has 0 aliphatic heterocycles. The monoisotopic (exact) mass is 275 g/mol. The van der Waals surface area contributed by atoms with Crippen molar-refractivity contribution in [2.45, 2.75) is 18.9 Å². The number of amides is 1. The van der Waals surface area contributed by atoms with Crippen LogP contribution in [0, 0.1) is 5.82 Å². The molecule has 1 aliphatic carbocycles. The second kappa shape index (κ2) is 5.38. The number of rotatable bonds is 5. The predicted molar refractivity (Wildman–Crippen MR) is 71.0 cm³/mol. The first-order chi connectivity index (χ1) is 9.72. The summed E-state index contributed by atoms with van der Waals surface area (Å²) in [5, 5.41) is 9.61. The standard InChI is InChI=1S/C13H14FN5O/c14-11-5-10(18-13(20)6-16-9-1-2-9)3-4-12(11)19-8-15-7-17-19/h3-5,7-9,16H,1-2,6H2,(H,18,20). The number of carbonyl (C=O) groups excluding carboxylic acids is 1. The molecular formula is C13H14FN5O. The Bertz CT molecular complexity index is 609. The minimum Gasteiger partial charge on any atom is -0.325 e. The minimum atomic E-state index is -0.469. The quantitative estimate of drug-likeness (QED) is 0.857. The normalized spacial score (nSPS) is 14.2. The van der Waals surface area contributed by atoms with Crippen molar-refractivity contribution in [3.8, 4) is 5.69 Å². The number of nitrogens with one attached hydrogen (secondary N) is 2. The molecule has 0 atom stereocenters. The SMILES string of the molecule is O=C(CNC1CC1)Nc1ccc(-n2cncn2)c(F)c1. The van der Waals surface area contributed by atoms with Gasteiger partial charge in [0.1, 0.15) is 18.3 Å². The average molecular weight is 275 g/mol. The highest BCUT2D eigenvalue weighted by molar-refractivity contribution is 5.92. The van der Waals surface area contributed by atoms with Crippen LogP contribution in [0.1, 0.15) is 12.8 Å². The lowest BCUT2D eigenvalue weighted by Crippen LogP contribution is -2.29. The molecule has 0 bridgehead atoms. The molecule has 7 heteroatoms. The first kappa shape index (κ1) is 12.7. The molecule has 0 radical (unpaired) electrons. The smallest absolute Gasteiger partial charge is 0.238 e. The summed E-state index contributed by atoms with van der Waals surface area (Å²) in [6, 6.07) is 4.92. The van der Waals surface area contributed by atoms with E-state index in [0.717, 1.165) is 12.8 Å². The summed E-state index contributed by atoms with van der Waals surface area (Å²) >= 11 is 0. The van der Waals surface area contributed by atoms with Crippen LogP contribution in [0.3, 0.4) is 0 Å². The molecule has 6 nitrogen and oxygen atoms in total. The molecule has 1 aromatic heterocycles. The molecule has 104 valence electrons. The largest absolute Gasteiger partial charge is 0.325 e. The van der Waals surface area contributed by atoms with Gasteiger partial charge in [-0.05, 0) is 31.0 Å². The molecule has 2 N–H and O–H groups in total. The van der Waals surface area contributed by atoms with Crippen LogP contribution in [0.5, 0.6) is 0 Å². The molecule has 1 heterocycles. The van der Waals surface area contributed by atoms with E-state index in [1.807, 2.05) is 0 Å². The average Bonchev–Trinajstić information content (AvgIpc) is 3.10. The third kappa shape index (κ3) is 3.00. The highest BCUT2D eigenvalue weighted by Crippen LogP contribution is 2.19. The summed E-state index contributed by atoms with van der Waals surface area (Å²) < 4.78 is 15.3. The number of halogens is 1. The maximum Gasteiger partial charge on any atom is 0.238 e. The van der Waals surface area contributed by atoms with Gasteiger partial charge < -0.3 is 10.6 Å². The van der Waals surface area contributed by atoms with E-state index in [0.29, 0.717) is 11.7 Å². The highest BCUT2D eigenvalue weighted by Gasteiger charge is 2.21. The molecule has 3 rings (SSSR count). The van der Waals surface area contributed by atoms with E-state index in [1.54, 1.807) is 12.1 Å². The van der Waals surface area contributed by atoms with Crippen molar-refractivity contribution < 1.29 is 9.18 Å². The predicted octanol–water partition coefficient (Wildman–Crippen LogP) is 1.10. The molecule has 0 saturated heterocycles. The van der Waals surface area contributed by atoms with Crippen molar-refractivity contribution >= 4 is 11.6 Å². The van der Waals surface area contributed by atoms with Gasteiger partial charge in [0.25, 0.3) is 0 Å². The van der Waals surface area contributed by atoms with Crippen LogP contribution in [-0.4, -0.2) is 33.3 Å². The van der Waals surface area contributed by atoms with E-state index in [4.69, 9.17) is 0 Å². The second-order valence-electron chi connectivity index (χ2n) is 4.71. The molecule has 1 fully saturated rings. The van der Waals surface area contributed by atoms with Crippen molar-refractivity contribution in [2.75, 3.05) is 11.9 Å². The van der Waals surface area contributed by atoms with E-state index >= 15 is 0 Å². The zero-order valence-corrected chi connectivity index (χ0v) is 10.7. The van der Waals surface area contributed by atoms with Crippen LogP contribution in [0.4, 0.5) is 10.1 Å². The first-order valence-electron chi connectivity index (χ1n) is 6.40. The van der Waals surface area contributed by atoms with Crippen LogP contribution in [0.2, 0.25) is 0 Å². The van der Waals surface area contributed by atoms with E-state index in [2.05, 4.69) is 20.7 Å². The van der Waals surface area contributed by atoms with Crippen molar-refractivity contribution in [3.63, 3.8) is 0 Å². The second-order valence-corrected chi connectivity index (χ2v) is 4.71. The molecule has 0 unspecified atom stereocenters. The lowest BCUT2D eigenvalue weighted by atomic mass is 10.2. The van der Waals surface area contributed by atoms with Gasteiger partial charge in [0, 0.05) is 11.7 Å². The van der Waals surface area contributed by atoms with E-state index in [9.17, 15) is 9.18 Å². The lowest BCUT2D eigenvalue weighted by molar-refractivity contribution is -0.115. The minimum absolute atomic E-state index is 0.176. The fourth-order valence-electron chi connectivity index (χ4n) is 1.83. The van der Waals surface area contributed by atoms with Gasteiger partial charge in [-0.25, -0.2) is 14.1 Å². The Balaban J connectivity index is 1.65. The van der Waals surface area contributed by atoms with Crippen molar-refractivity contribution in [1.82, 2.24) is 20.1 Å². The summed E-state index contributed by atoms with van der Waals surface area (Å²) in [6.07, 6.45) is 4.98. The Kier molecular flexibility index (Phi) is 3.42. The van der Waals surface area contributed by atoms with Crippen LogP contribution in [-0.2, 0) is 4.79 Å². The van der Waals surface area contributed by atoms with E-state index < -0.39 is 5.82 Å². The van der Waals surface area contributed by atoms with Crippen molar-refractivity contribution in [3.05, 3.63) is 36.7 Å². The molecule has 20 heavy (non-hydrogen) atoms. The van der Waals surface area contributed by atoms with Gasteiger partial charge in [-0.3, -0.25) is 4.79 Å². The highest BCUT2D eigenvalue weighted by atomic mass is 19.1. The number of aromatic nitrogens is 3. The summed E-state index contributed by atoms with van der Waals surface area (Å²) in [4.78, 5) is 15.4. The number of carbonyl (C=O) groups is 1. The fourth-order valence-corrected chi connectivity index (χ4v) is 1.83. The Hall–Kier alpha value is -2.28. The van der Waals surface area contributed by atoms with Crippen LogP contribution >= 0.6 is 0 Å². The Morgan fingerprint density at radius 3 is 2.95 bits per heavy atom. The van der Waals surface area contributed by atoms with Gasteiger partial charge in [0.2, 0.25) is 5.91 Å². The third-order valence-corrected chi connectivity index (χ3v) is 3.03. The number of hydrogen-bond acceptors (Lipinski definition) is 4. The number of hydrogen-bond donors (Lipinski definition) is 2. The van der Waals surface area contributed by atoms with Gasteiger partial charge in [-0.1, -0.05) is 0 Å². The fraction of sp³-hybridized carbons (Fsp3) is 0.308. The van der Waals surface area contributed by atoms with Crippen LogP contribution in [0.15, 0.2) is 30.9 Å². The summed E-state index contributed by atoms with van der Waals surface area (Å²) in [7, 11) is 0. The van der Waals surface area contributed by atoms with Crippen LogP contribution < -0.4 is 10.6 Å². The van der Waals surface area contributed by atoms with Gasteiger partial charge in [0.15, 0.2) is 5.82 Å². The zero-order chi connectivity index (χ0) is 13.9. The Labute approximate surface area is 115 Å². The summed E-state index contributed by atoms with van der Waals surface area (Å²) in [5.41, 5.74) is 0.713. The number of nitrogens with zero attached hydrogens (tertiary/aromatic N) is 3. The molecule has 1 aliphatic rings. The van der Waals surface area contributed by atoms with Gasteiger partial charge >= 0.3 is 0 Å². The van der Waals surface area contributed by atoms with Gasteiger partial charge in [-0.2, -0.15) is 5.10 Å². The van der Waals surface area contributed by atoms with E-state index in [1.165, 1.54) is 23.4 Å². The number of anilines is 1. The maximum atomic E-state index is 13.9. The van der Waals surface area contributed by atoms with Crippen molar-refractivity contribution in [1.29, 1.82) is 0 Å². The Morgan fingerprint density at radius 2 is 2.30 bits per heavy atom. The topological polar surface area (TPSA) is 71.8 Å². The molecule has 0 spiro atoms. The van der Waals surface area contributed by atoms with Crippen LogP contribution in [0.25, 0.3) is 5.69 Å². The third-order valence-electron chi connectivity index (χ3n) is 3.03. The molecular weight excluding hydrogens is 261 g/mol. The lowest BCUT2D eigenvalue weighted by Gasteiger charge is -2.08. The Morgan fingerprint density at radius 1 is 1.45 bits per heavy atom. The number of benzene rings is 1. The molecule has 1 aromatic carbocycles. The first-order valence-corrected chi connectivity index (χ1v) is 6.40. The van der Waals surface area contributed by atoms with E-state index in [-0.39, 0.29) is 18.1 Å². The molecule has 1 saturated carbocycles. The zero-order valence-electron chi connectivity index (χ0n) is 10.7. The van der Waals surface area contributed by atoms with Gasteiger partial charge in [0.05, 0.1) is 6.54 Å². The summed E-state index contributed by atoms with van der Waals surface area (Å²) in [5.74, 6) is -0.645.